The summed E-state index contributed by atoms with van der Waals surface area (Å²) in [6.07, 6.45) is 0. The van der Waals surface area contributed by atoms with Gasteiger partial charge in [-0.25, -0.2) is 8.42 Å². The quantitative estimate of drug-likeness (QED) is 0.314. The van der Waals surface area contributed by atoms with Gasteiger partial charge in [-0.2, -0.15) is 0 Å². The van der Waals surface area contributed by atoms with Gasteiger partial charge in [-0.3, -0.25) is 13.9 Å². The molecule has 2 N–H and O–H groups in total. The minimum Gasteiger partial charge on any atom is -0.385 e. The lowest BCUT2D eigenvalue weighted by Crippen LogP contribution is -2.36. The Balaban J connectivity index is 1.84. The molecule has 1 aliphatic rings. The highest BCUT2D eigenvalue weighted by Gasteiger charge is 2.33. The molecule has 2 amide bonds. The van der Waals surface area contributed by atoms with Gasteiger partial charge in [0.15, 0.2) is 6.61 Å². The molecule has 0 bridgehead atoms. The maximum absolute atomic E-state index is 13.2. The van der Waals surface area contributed by atoms with Crippen LogP contribution in [0, 0.1) is 0 Å². The van der Waals surface area contributed by atoms with Crippen LogP contribution in [0.5, 0.6) is 0 Å². The molecule has 3 rings (SSSR count). The molecule has 2 aromatic carbocycles. The van der Waals surface area contributed by atoms with Crippen molar-refractivity contribution in [3.63, 3.8) is 0 Å². The molecule has 0 saturated heterocycles. The van der Waals surface area contributed by atoms with Crippen LogP contribution in [0.3, 0.4) is 0 Å². The van der Waals surface area contributed by atoms with Crippen molar-refractivity contribution in [2.75, 3.05) is 36.4 Å². The van der Waals surface area contributed by atoms with Crippen molar-refractivity contribution in [3.8, 4) is 0 Å². The third kappa shape index (κ3) is 5.22. The van der Waals surface area contributed by atoms with Crippen molar-refractivity contribution < 1.29 is 22.8 Å². The number of alkyl halides is 1. The third-order valence-electron chi connectivity index (χ3n) is 4.58. The highest BCUT2D eigenvalue weighted by molar-refractivity contribution is 9.09. The summed E-state index contributed by atoms with van der Waals surface area (Å²) in [5.41, 5.74) is 1.51. The average molecular weight is 544 g/mol. The number of nitrogens with zero attached hydrogens (tertiary/aromatic N) is 2. The van der Waals surface area contributed by atoms with E-state index in [1.807, 2.05) is 0 Å². The number of nitrogens with one attached hydrogen (secondary N) is 2. The number of anilines is 1. The van der Waals surface area contributed by atoms with Crippen molar-refractivity contribution in [2.24, 2.45) is 5.16 Å². The molecule has 9 nitrogen and oxygen atoms in total. The Morgan fingerprint density at radius 3 is 2.50 bits per heavy atom. The monoisotopic (exact) mass is 542 g/mol. The second-order valence-electron chi connectivity index (χ2n) is 6.68. The summed E-state index contributed by atoms with van der Waals surface area (Å²) >= 11 is 9.09. The van der Waals surface area contributed by atoms with Crippen molar-refractivity contribution >= 4 is 60.8 Å². The smallest absolute Gasteiger partial charge is 0.264 e. The molecule has 0 aromatic heterocycles. The second kappa shape index (κ2) is 10.3. The van der Waals surface area contributed by atoms with Gasteiger partial charge in [0.25, 0.3) is 15.9 Å². The summed E-state index contributed by atoms with van der Waals surface area (Å²) in [4.78, 5) is 28.4. The van der Waals surface area contributed by atoms with E-state index in [0.29, 0.717) is 16.8 Å². The minimum absolute atomic E-state index is 0.0157. The molecule has 0 saturated carbocycles. The van der Waals surface area contributed by atoms with Crippen molar-refractivity contribution in [1.82, 2.24) is 10.6 Å². The lowest BCUT2D eigenvalue weighted by Gasteiger charge is -2.19. The molecular weight excluding hydrogens is 524 g/mol. The number of sulfonamides is 1. The zero-order valence-electron chi connectivity index (χ0n) is 17.0. The molecule has 0 spiro atoms. The molecule has 1 heterocycles. The van der Waals surface area contributed by atoms with Gasteiger partial charge in [-0.05, 0) is 24.3 Å². The van der Waals surface area contributed by atoms with Crippen molar-refractivity contribution in [1.29, 1.82) is 0 Å². The fraction of sp³-hybridized carbons (Fsp3) is 0.250. The zero-order valence-corrected chi connectivity index (χ0v) is 20.1. The number of oxime groups is 1. The van der Waals surface area contributed by atoms with Crippen LogP contribution < -0.4 is 14.9 Å². The van der Waals surface area contributed by atoms with E-state index in [1.165, 1.54) is 13.1 Å². The van der Waals surface area contributed by atoms with Gasteiger partial charge in [0, 0.05) is 36.3 Å². The largest absolute Gasteiger partial charge is 0.385 e. The number of carbonyl (C=O) groups excluding carboxylic acids is 2. The molecule has 12 heteroatoms. The normalized spacial score (nSPS) is 15.3. The molecule has 170 valence electrons. The second-order valence-corrected chi connectivity index (χ2v) is 9.61. The van der Waals surface area contributed by atoms with Crippen LogP contribution in [0.1, 0.15) is 11.1 Å². The Bertz CT molecular complexity index is 1170. The first-order chi connectivity index (χ1) is 15.3. The summed E-state index contributed by atoms with van der Waals surface area (Å²) in [5, 5.41) is 9.75. The third-order valence-corrected chi connectivity index (χ3v) is 7.13. The topological polar surface area (TPSA) is 117 Å². The van der Waals surface area contributed by atoms with Gasteiger partial charge >= 0.3 is 0 Å². The number of amides is 2. The number of hydrogen-bond donors (Lipinski definition) is 2. The van der Waals surface area contributed by atoms with Gasteiger partial charge in [0.1, 0.15) is 5.71 Å². The summed E-state index contributed by atoms with van der Waals surface area (Å²) in [7, 11) is -2.45. The van der Waals surface area contributed by atoms with E-state index in [0.717, 1.165) is 4.31 Å². The molecular formula is C20H20BrClN4O5S. The Kier molecular flexibility index (Phi) is 7.75. The highest BCUT2D eigenvalue weighted by Crippen LogP contribution is 2.35. The Labute approximate surface area is 198 Å². The molecule has 0 unspecified atom stereocenters. The number of rotatable bonds is 7. The number of benzene rings is 2. The number of fused-ring (bicyclic) bond motifs is 2. The Morgan fingerprint density at radius 2 is 1.78 bits per heavy atom. The average Bonchev–Trinajstić information content (AvgIpc) is 2.84. The molecule has 0 fully saturated rings. The van der Waals surface area contributed by atoms with Crippen LogP contribution in [0.15, 0.2) is 52.5 Å². The van der Waals surface area contributed by atoms with Gasteiger partial charge in [-0.1, -0.05) is 50.9 Å². The van der Waals surface area contributed by atoms with Crippen molar-refractivity contribution in [3.05, 3.63) is 58.6 Å². The predicted octanol–water partition coefficient (Wildman–Crippen LogP) is 1.87. The van der Waals surface area contributed by atoms with Crippen LogP contribution in [-0.2, 0) is 24.4 Å². The summed E-state index contributed by atoms with van der Waals surface area (Å²) in [6, 6.07) is 11.3. The van der Waals surface area contributed by atoms with E-state index in [1.54, 1.807) is 36.4 Å². The van der Waals surface area contributed by atoms with Crippen LogP contribution in [0.2, 0.25) is 5.02 Å². The fourth-order valence-corrected chi connectivity index (χ4v) is 4.90. The van der Waals surface area contributed by atoms with Crippen LogP contribution in [-0.4, -0.2) is 58.0 Å². The lowest BCUT2D eigenvalue weighted by molar-refractivity contribution is -0.126. The highest BCUT2D eigenvalue weighted by atomic mass is 79.9. The first kappa shape index (κ1) is 24.0. The Hall–Kier alpha value is -2.63. The number of hydrogen-bond acceptors (Lipinski definition) is 6. The summed E-state index contributed by atoms with van der Waals surface area (Å²) < 4.78 is 27.5. The number of para-hydroxylation sites is 1. The standard InChI is InChI=1S/C20H20BrClN4O5S/c1-26-16-5-3-2-4-14(16)20(15-7-6-13(22)10-17(15)32(26,29)30)25-31-12-19(28)24-9-8-23-18(27)11-21/h2-7,10H,8-9,11-12H2,1H3,(H,23,27)(H,24,28)/b25-20+. The SMILES string of the molecule is CN1c2ccccc2/C(=N\OCC(=O)NCCNC(=O)CBr)c2ccc(Cl)cc2S1(=O)=O. The van der Waals surface area contributed by atoms with E-state index < -0.39 is 15.9 Å². The van der Waals surface area contributed by atoms with Crippen molar-refractivity contribution in [2.45, 2.75) is 4.90 Å². The predicted molar refractivity (Wildman–Crippen MR) is 125 cm³/mol. The maximum Gasteiger partial charge on any atom is 0.264 e. The van der Waals surface area contributed by atoms with Crippen LogP contribution in [0.4, 0.5) is 5.69 Å². The molecule has 0 aliphatic carbocycles. The number of halogens is 2. The van der Waals surface area contributed by atoms with Gasteiger partial charge in [-0.15, -0.1) is 0 Å². The molecule has 32 heavy (non-hydrogen) atoms. The van der Waals surface area contributed by atoms with E-state index >= 15 is 0 Å². The first-order valence-corrected chi connectivity index (χ1v) is 12.4. The van der Waals surface area contributed by atoms with E-state index in [9.17, 15) is 18.0 Å². The molecule has 0 radical (unpaired) electrons. The zero-order chi connectivity index (χ0) is 23.3. The van der Waals surface area contributed by atoms with E-state index in [-0.39, 0.29) is 46.6 Å². The van der Waals surface area contributed by atoms with Gasteiger partial charge in [0.2, 0.25) is 5.91 Å². The Morgan fingerprint density at radius 1 is 1.09 bits per heavy atom. The van der Waals surface area contributed by atoms with Crippen LogP contribution >= 0.6 is 27.5 Å². The summed E-state index contributed by atoms with van der Waals surface area (Å²) in [5.74, 6) is -0.627. The lowest BCUT2D eigenvalue weighted by atomic mass is 10.0. The molecule has 2 aromatic rings. The first-order valence-electron chi connectivity index (χ1n) is 9.43. The minimum atomic E-state index is -3.90. The van der Waals surface area contributed by atoms with Gasteiger partial charge < -0.3 is 15.5 Å². The molecule has 1 aliphatic heterocycles. The van der Waals surface area contributed by atoms with Crippen LogP contribution in [0.25, 0.3) is 0 Å². The maximum atomic E-state index is 13.2. The fourth-order valence-electron chi connectivity index (χ4n) is 3.03. The van der Waals surface area contributed by atoms with E-state index in [2.05, 4.69) is 31.7 Å². The molecule has 0 atom stereocenters. The number of carbonyl (C=O) groups is 2. The van der Waals surface area contributed by atoms with Gasteiger partial charge in [0.05, 0.1) is 15.9 Å². The van der Waals surface area contributed by atoms with E-state index in [4.69, 9.17) is 16.4 Å². The summed E-state index contributed by atoms with van der Waals surface area (Å²) in [6.45, 7) is 0.116.